The Kier molecular flexibility index (Phi) is 4.94. The van der Waals surface area contributed by atoms with Crippen molar-refractivity contribution in [3.8, 4) is 11.1 Å². The van der Waals surface area contributed by atoms with Crippen molar-refractivity contribution < 1.29 is 0 Å². The second kappa shape index (κ2) is 7.53. The molecule has 2 N–H and O–H groups in total. The molecule has 3 aromatic rings. The van der Waals surface area contributed by atoms with E-state index in [0.717, 1.165) is 31.0 Å². The molecule has 0 radical (unpaired) electrons. The Morgan fingerprint density at radius 2 is 2.07 bits per heavy atom. The number of likely N-dealkylation sites (N-methyl/N-ethyl adjacent to an activating group) is 1. The third-order valence-corrected chi connectivity index (χ3v) is 5.58. The number of aromatic nitrogens is 3. The zero-order valence-electron chi connectivity index (χ0n) is 16.3. The van der Waals surface area contributed by atoms with E-state index in [1.54, 1.807) is 0 Å². The Balaban J connectivity index is 1.51. The van der Waals surface area contributed by atoms with Gasteiger partial charge in [-0.1, -0.05) is 18.2 Å². The molecule has 0 saturated carbocycles. The molecule has 0 aliphatic carbocycles. The molecule has 1 fully saturated rings. The largest absolute Gasteiger partial charge is 0.366 e. The summed E-state index contributed by atoms with van der Waals surface area (Å²) in [7, 11) is 2.18. The van der Waals surface area contributed by atoms with E-state index >= 15 is 0 Å². The first-order valence-electron chi connectivity index (χ1n) is 9.58. The van der Waals surface area contributed by atoms with Gasteiger partial charge in [-0.3, -0.25) is 5.10 Å². The monoisotopic (exact) mass is 361 g/mol. The first-order valence-corrected chi connectivity index (χ1v) is 9.58. The highest BCUT2D eigenvalue weighted by Gasteiger charge is 2.25. The number of anilines is 1. The maximum Gasteiger partial charge on any atom is 0.126 e. The van der Waals surface area contributed by atoms with E-state index in [1.165, 1.54) is 34.4 Å². The zero-order chi connectivity index (χ0) is 18.8. The lowest BCUT2D eigenvalue weighted by atomic mass is 9.97. The van der Waals surface area contributed by atoms with Gasteiger partial charge in [0, 0.05) is 36.5 Å². The van der Waals surface area contributed by atoms with Gasteiger partial charge in [-0.15, -0.1) is 0 Å². The number of rotatable bonds is 5. The maximum absolute atomic E-state index is 4.49. The molecule has 0 bridgehead atoms. The van der Waals surface area contributed by atoms with Crippen molar-refractivity contribution in [1.29, 1.82) is 0 Å². The number of aromatic amines is 1. The number of nitrogens with one attached hydrogen (secondary N) is 2. The van der Waals surface area contributed by atoms with Gasteiger partial charge in [-0.25, -0.2) is 4.98 Å². The maximum atomic E-state index is 4.49. The van der Waals surface area contributed by atoms with Crippen LogP contribution in [0.25, 0.3) is 11.1 Å². The molecule has 1 atom stereocenters. The van der Waals surface area contributed by atoms with Crippen molar-refractivity contribution in [3.05, 3.63) is 65.1 Å². The molecule has 1 aromatic carbocycles. The summed E-state index contributed by atoms with van der Waals surface area (Å²) in [6.07, 6.45) is 4.99. The molecule has 5 nitrogen and oxygen atoms in total. The van der Waals surface area contributed by atoms with Gasteiger partial charge in [0.1, 0.15) is 5.82 Å². The van der Waals surface area contributed by atoms with Crippen LogP contribution in [0.15, 0.2) is 42.7 Å². The van der Waals surface area contributed by atoms with Crippen LogP contribution in [0.2, 0.25) is 0 Å². The number of likely N-dealkylation sites (tertiary alicyclic amines) is 1. The number of hydrogen-bond donors (Lipinski definition) is 2. The van der Waals surface area contributed by atoms with E-state index in [2.05, 4.69) is 76.6 Å². The first-order chi connectivity index (χ1) is 13.1. The van der Waals surface area contributed by atoms with E-state index in [4.69, 9.17) is 0 Å². The number of pyridine rings is 1. The smallest absolute Gasteiger partial charge is 0.126 e. The molecule has 1 saturated heterocycles. The summed E-state index contributed by atoms with van der Waals surface area (Å²) in [5.41, 5.74) is 7.50. The van der Waals surface area contributed by atoms with Crippen LogP contribution >= 0.6 is 0 Å². The van der Waals surface area contributed by atoms with Crippen molar-refractivity contribution in [2.24, 2.45) is 0 Å². The van der Waals surface area contributed by atoms with Crippen LogP contribution in [0.4, 0.5) is 5.82 Å². The molecule has 1 aliphatic rings. The standard InChI is InChI=1S/C22H27N5/c1-15-4-5-17(10-16(15)2)12-24-21-11-18(6-8-23-21)20-13-25-26-22(20)19-7-9-27(3)14-19/h4-6,8,10-11,13,19H,7,9,12,14H2,1-3H3,(H,23,24)(H,25,26)/t19-/m1/s1. The van der Waals surface area contributed by atoms with Gasteiger partial charge >= 0.3 is 0 Å². The summed E-state index contributed by atoms with van der Waals surface area (Å²) in [6.45, 7) is 7.28. The Morgan fingerprint density at radius 3 is 2.85 bits per heavy atom. The molecular formula is C22H27N5. The van der Waals surface area contributed by atoms with Gasteiger partial charge in [0.15, 0.2) is 0 Å². The van der Waals surface area contributed by atoms with Gasteiger partial charge in [0.05, 0.1) is 6.20 Å². The summed E-state index contributed by atoms with van der Waals surface area (Å²) in [5.74, 6) is 1.41. The van der Waals surface area contributed by atoms with E-state index < -0.39 is 0 Å². The molecule has 3 heterocycles. The third kappa shape index (κ3) is 3.88. The molecule has 4 rings (SSSR count). The normalized spacial score (nSPS) is 17.4. The number of aryl methyl sites for hydroxylation is 2. The lowest BCUT2D eigenvalue weighted by Crippen LogP contribution is -2.13. The van der Waals surface area contributed by atoms with Crippen LogP contribution in [-0.4, -0.2) is 40.2 Å². The fraction of sp³-hybridized carbons (Fsp3) is 0.364. The zero-order valence-corrected chi connectivity index (χ0v) is 16.3. The third-order valence-electron chi connectivity index (χ3n) is 5.58. The van der Waals surface area contributed by atoms with Crippen LogP contribution in [0.5, 0.6) is 0 Å². The molecule has 0 amide bonds. The van der Waals surface area contributed by atoms with E-state index in [1.807, 2.05) is 12.4 Å². The predicted molar refractivity (Wildman–Crippen MR) is 110 cm³/mol. The Hall–Kier alpha value is -2.66. The van der Waals surface area contributed by atoms with Crippen LogP contribution in [-0.2, 0) is 6.54 Å². The quantitative estimate of drug-likeness (QED) is 0.718. The van der Waals surface area contributed by atoms with Gasteiger partial charge in [0.25, 0.3) is 0 Å². The highest BCUT2D eigenvalue weighted by molar-refractivity contribution is 5.68. The SMILES string of the molecule is Cc1ccc(CNc2cc(-c3cn[nH]c3[C@@H]3CCN(C)C3)ccn2)cc1C. The van der Waals surface area contributed by atoms with Crippen LogP contribution < -0.4 is 5.32 Å². The van der Waals surface area contributed by atoms with Gasteiger partial charge in [-0.05, 0) is 68.2 Å². The van der Waals surface area contributed by atoms with Crippen LogP contribution in [0.1, 0.15) is 34.7 Å². The summed E-state index contributed by atoms with van der Waals surface area (Å²) >= 11 is 0. The minimum absolute atomic E-state index is 0.521. The van der Waals surface area contributed by atoms with E-state index in [9.17, 15) is 0 Å². The summed E-state index contributed by atoms with van der Waals surface area (Å²) in [6, 6.07) is 10.8. The van der Waals surface area contributed by atoms with Crippen molar-refractivity contribution in [2.45, 2.75) is 32.7 Å². The van der Waals surface area contributed by atoms with Crippen molar-refractivity contribution in [3.63, 3.8) is 0 Å². The Morgan fingerprint density at radius 1 is 1.19 bits per heavy atom. The molecular weight excluding hydrogens is 334 g/mol. The van der Waals surface area contributed by atoms with Gasteiger partial charge in [-0.2, -0.15) is 5.10 Å². The van der Waals surface area contributed by atoms with Crippen molar-refractivity contribution in [2.75, 3.05) is 25.5 Å². The van der Waals surface area contributed by atoms with Gasteiger partial charge < -0.3 is 10.2 Å². The van der Waals surface area contributed by atoms with Crippen LogP contribution in [0, 0.1) is 13.8 Å². The average Bonchev–Trinajstić information content (AvgIpc) is 3.32. The van der Waals surface area contributed by atoms with E-state index in [0.29, 0.717) is 5.92 Å². The number of benzene rings is 1. The Bertz CT molecular complexity index is 930. The van der Waals surface area contributed by atoms with Crippen LogP contribution in [0.3, 0.4) is 0 Å². The highest BCUT2D eigenvalue weighted by Crippen LogP contribution is 2.33. The molecule has 140 valence electrons. The molecule has 0 spiro atoms. The molecule has 5 heteroatoms. The average molecular weight is 361 g/mol. The van der Waals surface area contributed by atoms with Crippen molar-refractivity contribution in [1.82, 2.24) is 20.1 Å². The number of hydrogen-bond acceptors (Lipinski definition) is 4. The minimum Gasteiger partial charge on any atom is -0.366 e. The highest BCUT2D eigenvalue weighted by atomic mass is 15.1. The van der Waals surface area contributed by atoms with Gasteiger partial charge in [0.2, 0.25) is 0 Å². The fourth-order valence-electron chi connectivity index (χ4n) is 3.81. The summed E-state index contributed by atoms with van der Waals surface area (Å²) in [5, 5.41) is 11.0. The van der Waals surface area contributed by atoms with E-state index in [-0.39, 0.29) is 0 Å². The summed E-state index contributed by atoms with van der Waals surface area (Å²) < 4.78 is 0. The molecule has 1 aliphatic heterocycles. The fourth-order valence-corrected chi connectivity index (χ4v) is 3.81. The molecule has 0 unspecified atom stereocenters. The molecule has 2 aromatic heterocycles. The second-order valence-electron chi connectivity index (χ2n) is 7.65. The van der Waals surface area contributed by atoms with Crippen molar-refractivity contribution >= 4 is 5.82 Å². The lowest BCUT2D eigenvalue weighted by Gasteiger charge is -2.12. The Labute approximate surface area is 160 Å². The first kappa shape index (κ1) is 17.7. The lowest BCUT2D eigenvalue weighted by molar-refractivity contribution is 0.411. The number of H-pyrrole nitrogens is 1. The number of nitrogens with zero attached hydrogens (tertiary/aromatic N) is 3. The predicted octanol–water partition coefficient (Wildman–Crippen LogP) is 4.12. The second-order valence-corrected chi connectivity index (χ2v) is 7.65. The minimum atomic E-state index is 0.521. The topological polar surface area (TPSA) is 56.8 Å². The summed E-state index contributed by atoms with van der Waals surface area (Å²) in [4.78, 5) is 6.87. The molecule has 27 heavy (non-hydrogen) atoms.